The van der Waals surface area contributed by atoms with Crippen molar-refractivity contribution in [2.75, 3.05) is 19.6 Å². The Balaban J connectivity index is 2.84. The summed E-state index contributed by atoms with van der Waals surface area (Å²) in [5.74, 6) is -2.71. The standard InChI is InChI=1S/C19H35N7O5/c1-3-11(2)15(20)18(31)26-9-5-7-13(26)17(30)25-12(6-4-8-23-19(21)22)16(29)24-10-14(27)28/h11-13,15H,3-10,20H2,1-2H3,(H,24,29)(H,25,30)(H,27,28)(H4,21,22,23). The third kappa shape index (κ3) is 8.40. The van der Waals surface area contributed by atoms with Crippen LogP contribution in [0.15, 0.2) is 4.99 Å². The Kier molecular flexibility index (Phi) is 10.7. The molecule has 31 heavy (non-hydrogen) atoms. The number of likely N-dealkylation sites (tertiary alicyclic amines) is 1. The van der Waals surface area contributed by atoms with Crippen LogP contribution in [0.1, 0.15) is 46.0 Å². The molecule has 1 rings (SSSR count). The van der Waals surface area contributed by atoms with Crippen molar-refractivity contribution in [1.82, 2.24) is 15.5 Å². The van der Waals surface area contributed by atoms with E-state index >= 15 is 0 Å². The van der Waals surface area contributed by atoms with Gasteiger partial charge in [-0.1, -0.05) is 20.3 Å². The highest BCUT2D eigenvalue weighted by molar-refractivity contribution is 5.94. The highest BCUT2D eigenvalue weighted by Crippen LogP contribution is 2.21. The normalized spacial score (nSPS) is 18.5. The average molecular weight is 442 g/mol. The molecule has 1 aliphatic heterocycles. The molecule has 4 unspecified atom stereocenters. The molecule has 3 amide bonds. The first-order valence-electron chi connectivity index (χ1n) is 10.5. The first-order chi connectivity index (χ1) is 14.6. The number of carbonyl (C=O) groups is 4. The molecule has 0 spiro atoms. The molecule has 1 aliphatic rings. The fraction of sp³-hybridized carbons (Fsp3) is 0.737. The lowest BCUT2D eigenvalue weighted by Crippen LogP contribution is -2.56. The molecule has 0 aromatic heterocycles. The minimum Gasteiger partial charge on any atom is -0.480 e. The molecule has 0 radical (unpaired) electrons. The highest BCUT2D eigenvalue weighted by atomic mass is 16.4. The number of hydrogen-bond acceptors (Lipinski definition) is 6. The zero-order chi connectivity index (χ0) is 23.6. The van der Waals surface area contributed by atoms with E-state index in [0.717, 1.165) is 6.42 Å². The first-order valence-corrected chi connectivity index (χ1v) is 10.5. The fourth-order valence-corrected chi connectivity index (χ4v) is 3.32. The van der Waals surface area contributed by atoms with Gasteiger partial charge in [0.25, 0.3) is 0 Å². The van der Waals surface area contributed by atoms with Gasteiger partial charge in [-0.05, 0) is 31.6 Å². The van der Waals surface area contributed by atoms with Gasteiger partial charge >= 0.3 is 5.97 Å². The molecule has 0 aliphatic carbocycles. The number of rotatable bonds is 12. The lowest BCUT2D eigenvalue weighted by Gasteiger charge is -2.29. The minimum absolute atomic E-state index is 0.0260. The van der Waals surface area contributed by atoms with Gasteiger partial charge in [-0.2, -0.15) is 0 Å². The van der Waals surface area contributed by atoms with Gasteiger partial charge in [0.2, 0.25) is 17.7 Å². The highest BCUT2D eigenvalue weighted by Gasteiger charge is 2.38. The van der Waals surface area contributed by atoms with Crippen LogP contribution in [0.3, 0.4) is 0 Å². The van der Waals surface area contributed by atoms with Gasteiger partial charge in [0.05, 0.1) is 6.04 Å². The number of amides is 3. The van der Waals surface area contributed by atoms with Crippen LogP contribution in [0.5, 0.6) is 0 Å². The van der Waals surface area contributed by atoms with Crippen molar-refractivity contribution in [3.05, 3.63) is 0 Å². The summed E-state index contributed by atoms with van der Waals surface area (Å²) >= 11 is 0. The summed E-state index contributed by atoms with van der Waals surface area (Å²) in [5, 5.41) is 13.7. The number of carboxylic acids is 1. The van der Waals surface area contributed by atoms with Gasteiger partial charge in [0.1, 0.15) is 18.6 Å². The van der Waals surface area contributed by atoms with Gasteiger partial charge in [0, 0.05) is 13.1 Å². The lowest BCUT2D eigenvalue weighted by molar-refractivity contribution is -0.141. The van der Waals surface area contributed by atoms with Crippen LogP contribution < -0.4 is 27.8 Å². The number of aliphatic imine (C=N–C) groups is 1. The zero-order valence-electron chi connectivity index (χ0n) is 18.2. The maximum atomic E-state index is 12.9. The minimum atomic E-state index is -1.20. The van der Waals surface area contributed by atoms with Gasteiger partial charge in [-0.25, -0.2) is 0 Å². The second-order valence-electron chi connectivity index (χ2n) is 7.72. The monoisotopic (exact) mass is 441 g/mol. The molecule has 0 aromatic rings. The van der Waals surface area contributed by atoms with E-state index in [1.54, 1.807) is 0 Å². The maximum Gasteiger partial charge on any atom is 0.322 e. The van der Waals surface area contributed by atoms with E-state index in [-0.39, 0.29) is 30.8 Å². The quantitative estimate of drug-likeness (QED) is 0.114. The molecule has 9 N–H and O–H groups in total. The topological polar surface area (TPSA) is 206 Å². The number of hydrogen-bond donors (Lipinski definition) is 6. The van der Waals surface area contributed by atoms with Crippen molar-refractivity contribution in [2.45, 2.75) is 64.1 Å². The van der Waals surface area contributed by atoms with Gasteiger partial charge in [0.15, 0.2) is 5.96 Å². The van der Waals surface area contributed by atoms with Crippen LogP contribution in [0.25, 0.3) is 0 Å². The summed E-state index contributed by atoms with van der Waals surface area (Å²) in [6, 6.07) is -2.41. The lowest BCUT2D eigenvalue weighted by atomic mass is 9.98. The van der Waals surface area contributed by atoms with Crippen LogP contribution in [0.4, 0.5) is 0 Å². The molecule has 12 nitrogen and oxygen atoms in total. The van der Waals surface area contributed by atoms with Crippen molar-refractivity contribution >= 4 is 29.7 Å². The Hall–Kier alpha value is -2.89. The molecule has 1 heterocycles. The molecule has 12 heteroatoms. The Bertz CT molecular complexity index is 681. The maximum absolute atomic E-state index is 12.9. The first kappa shape index (κ1) is 26.1. The van der Waals surface area contributed by atoms with Gasteiger partial charge < -0.3 is 37.8 Å². The Morgan fingerprint density at radius 1 is 1.26 bits per heavy atom. The van der Waals surface area contributed by atoms with Crippen LogP contribution in [0, 0.1) is 5.92 Å². The number of nitrogens with one attached hydrogen (secondary N) is 2. The van der Waals surface area contributed by atoms with E-state index in [1.807, 2.05) is 13.8 Å². The fourth-order valence-electron chi connectivity index (χ4n) is 3.32. The summed E-state index contributed by atoms with van der Waals surface area (Å²) in [6.45, 7) is 3.92. The van der Waals surface area contributed by atoms with Crippen molar-refractivity contribution in [2.24, 2.45) is 28.1 Å². The van der Waals surface area contributed by atoms with E-state index in [9.17, 15) is 19.2 Å². The molecule has 0 saturated carbocycles. The molecule has 0 aromatic carbocycles. The number of carboxylic acid groups (broad SMARTS) is 1. The smallest absolute Gasteiger partial charge is 0.322 e. The zero-order valence-corrected chi connectivity index (χ0v) is 18.2. The second kappa shape index (κ2) is 12.7. The van der Waals surface area contributed by atoms with Crippen molar-refractivity contribution < 1.29 is 24.3 Å². The van der Waals surface area contributed by atoms with Crippen LogP contribution in [-0.4, -0.2) is 77.4 Å². The predicted octanol–water partition coefficient (Wildman–Crippen LogP) is -1.91. The number of aliphatic carboxylic acids is 1. The van der Waals surface area contributed by atoms with Crippen molar-refractivity contribution in [1.29, 1.82) is 0 Å². The molecular formula is C19H35N7O5. The largest absolute Gasteiger partial charge is 0.480 e. The van der Waals surface area contributed by atoms with Crippen LogP contribution in [0.2, 0.25) is 0 Å². The molecule has 1 fully saturated rings. The van der Waals surface area contributed by atoms with E-state index in [1.165, 1.54) is 4.90 Å². The molecule has 4 atom stereocenters. The van der Waals surface area contributed by atoms with E-state index in [4.69, 9.17) is 22.3 Å². The van der Waals surface area contributed by atoms with Crippen molar-refractivity contribution in [3.63, 3.8) is 0 Å². The van der Waals surface area contributed by atoms with Crippen LogP contribution in [-0.2, 0) is 19.2 Å². The summed E-state index contributed by atoms with van der Waals surface area (Å²) in [5.41, 5.74) is 16.6. The third-order valence-electron chi connectivity index (χ3n) is 5.37. The molecule has 0 bridgehead atoms. The predicted molar refractivity (Wildman–Crippen MR) is 115 cm³/mol. The average Bonchev–Trinajstić information content (AvgIpc) is 3.22. The SMILES string of the molecule is CCC(C)C(N)C(=O)N1CCCC1C(=O)NC(CCCN=C(N)N)C(=O)NCC(=O)O. The Labute approximate surface area is 182 Å². The Morgan fingerprint density at radius 3 is 2.52 bits per heavy atom. The number of guanidine groups is 1. The molecular weight excluding hydrogens is 406 g/mol. The van der Waals surface area contributed by atoms with E-state index < -0.39 is 42.5 Å². The second-order valence-corrected chi connectivity index (χ2v) is 7.72. The van der Waals surface area contributed by atoms with E-state index in [0.29, 0.717) is 25.8 Å². The number of nitrogens with two attached hydrogens (primary N) is 3. The summed E-state index contributed by atoms with van der Waals surface area (Å²) < 4.78 is 0. The van der Waals surface area contributed by atoms with Crippen molar-refractivity contribution in [3.8, 4) is 0 Å². The van der Waals surface area contributed by atoms with E-state index in [2.05, 4.69) is 15.6 Å². The number of carbonyl (C=O) groups excluding carboxylic acids is 3. The molecule has 176 valence electrons. The third-order valence-corrected chi connectivity index (χ3v) is 5.37. The molecule has 1 saturated heterocycles. The Morgan fingerprint density at radius 2 is 1.94 bits per heavy atom. The summed E-state index contributed by atoms with van der Waals surface area (Å²) in [4.78, 5) is 54.1. The number of nitrogens with zero attached hydrogens (tertiary/aromatic N) is 2. The summed E-state index contributed by atoms with van der Waals surface area (Å²) in [7, 11) is 0. The van der Waals surface area contributed by atoms with Gasteiger partial charge in [-0.15, -0.1) is 0 Å². The summed E-state index contributed by atoms with van der Waals surface area (Å²) in [6.07, 6.45) is 2.43. The van der Waals surface area contributed by atoms with Crippen LogP contribution >= 0.6 is 0 Å². The van der Waals surface area contributed by atoms with Gasteiger partial charge in [-0.3, -0.25) is 24.2 Å².